The third-order valence-electron chi connectivity index (χ3n) is 3.20. The standard InChI is InChI=1S/C13H17NO3/c1-16-11-6-4-3-5-9(11)12-10(7-8-14-12)13(15)17-2/h3-6,10,12,14H,7-8H2,1-2H3/t10?,12-/m1/s1. The van der Waals surface area contributed by atoms with Gasteiger partial charge in [-0.3, -0.25) is 4.79 Å². The van der Waals surface area contributed by atoms with Crippen LogP contribution < -0.4 is 10.1 Å². The van der Waals surface area contributed by atoms with Crippen LogP contribution in [0, 0.1) is 5.92 Å². The van der Waals surface area contributed by atoms with Crippen molar-refractivity contribution in [3.63, 3.8) is 0 Å². The minimum Gasteiger partial charge on any atom is -0.496 e. The number of ether oxygens (including phenoxy) is 2. The normalized spacial score (nSPS) is 23.4. The van der Waals surface area contributed by atoms with E-state index in [4.69, 9.17) is 9.47 Å². The van der Waals surface area contributed by atoms with Crippen LogP contribution in [-0.4, -0.2) is 26.7 Å². The summed E-state index contributed by atoms with van der Waals surface area (Å²) in [5.41, 5.74) is 1.02. The van der Waals surface area contributed by atoms with Crippen LogP contribution in [0.25, 0.3) is 0 Å². The van der Waals surface area contributed by atoms with Crippen LogP contribution in [0.2, 0.25) is 0 Å². The average Bonchev–Trinajstić information content (AvgIpc) is 2.86. The van der Waals surface area contributed by atoms with Crippen molar-refractivity contribution in [2.45, 2.75) is 12.5 Å². The van der Waals surface area contributed by atoms with Gasteiger partial charge in [0, 0.05) is 11.6 Å². The van der Waals surface area contributed by atoms with E-state index in [0.717, 1.165) is 24.3 Å². The molecule has 92 valence electrons. The topological polar surface area (TPSA) is 47.6 Å². The van der Waals surface area contributed by atoms with Crippen LogP contribution in [0.1, 0.15) is 18.0 Å². The molecule has 0 saturated carbocycles. The second-order valence-electron chi connectivity index (χ2n) is 4.09. The first-order valence-corrected chi connectivity index (χ1v) is 5.72. The zero-order valence-electron chi connectivity index (χ0n) is 10.1. The highest BCUT2D eigenvalue weighted by Gasteiger charge is 2.35. The smallest absolute Gasteiger partial charge is 0.310 e. The number of carbonyl (C=O) groups excluding carboxylic acids is 1. The largest absolute Gasteiger partial charge is 0.496 e. The fourth-order valence-electron chi connectivity index (χ4n) is 2.36. The zero-order chi connectivity index (χ0) is 12.3. The quantitative estimate of drug-likeness (QED) is 0.807. The van der Waals surface area contributed by atoms with Gasteiger partial charge in [-0.2, -0.15) is 0 Å². The Kier molecular flexibility index (Phi) is 3.64. The summed E-state index contributed by atoms with van der Waals surface area (Å²) in [5, 5.41) is 3.33. The maximum absolute atomic E-state index is 11.7. The molecule has 1 heterocycles. The summed E-state index contributed by atoms with van der Waals surface area (Å²) in [7, 11) is 3.07. The van der Waals surface area contributed by atoms with Crippen molar-refractivity contribution in [2.24, 2.45) is 5.92 Å². The number of nitrogens with one attached hydrogen (secondary N) is 1. The van der Waals surface area contributed by atoms with E-state index in [-0.39, 0.29) is 17.9 Å². The summed E-state index contributed by atoms with van der Waals surface area (Å²) >= 11 is 0. The number of hydrogen-bond donors (Lipinski definition) is 1. The lowest BCUT2D eigenvalue weighted by molar-refractivity contribution is -0.145. The van der Waals surface area contributed by atoms with Crippen LogP contribution in [0.3, 0.4) is 0 Å². The molecule has 4 heteroatoms. The molecular formula is C13H17NO3. The predicted octanol–water partition coefficient (Wildman–Crippen LogP) is 1.52. The van der Waals surface area contributed by atoms with E-state index in [0.29, 0.717) is 0 Å². The molecule has 4 nitrogen and oxygen atoms in total. The van der Waals surface area contributed by atoms with Gasteiger partial charge in [-0.1, -0.05) is 18.2 Å². The van der Waals surface area contributed by atoms with Crippen LogP contribution >= 0.6 is 0 Å². The summed E-state index contributed by atoms with van der Waals surface area (Å²) < 4.78 is 10.2. The summed E-state index contributed by atoms with van der Waals surface area (Å²) in [4.78, 5) is 11.7. The maximum Gasteiger partial charge on any atom is 0.310 e. The summed E-state index contributed by atoms with van der Waals surface area (Å²) in [6.45, 7) is 0.822. The third-order valence-corrected chi connectivity index (χ3v) is 3.20. The van der Waals surface area contributed by atoms with Crippen LogP contribution in [-0.2, 0) is 9.53 Å². The maximum atomic E-state index is 11.7. The lowest BCUT2D eigenvalue weighted by Crippen LogP contribution is -2.24. The number of para-hydroxylation sites is 1. The highest BCUT2D eigenvalue weighted by atomic mass is 16.5. The number of rotatable bonds is 3. The van der Waals surface area contributed by atoms with E-state index < -0.39 is 0 Å². The second-order valence-corrected chi connectivity index (χ2v) is 4.09. The molecule has 1 unspecified atom stereocenters. The highest BCUT2D eigenvalue weighted by molar-refractivity contribution is 5.74. The molecule has 1 aromatic carbocycles. The van der Waals surface area contributed by atoms with Gasteiger partial charge in [-0.05, 0) is 19.0 Å². The molecule has 1 N–H and O–H groups in total. The number of carbonyl (C=O) groups is 1. The van der Waals surface area contributed by atoms with Gasteiger partial charge in [-0.25, -0.2) is 0 Å². The molecule has 0 spiro atoms. The first-order chi connectivity index (χ1) is 8.27. The number of methoxy groups -OCH3 is 2. The summed E-state index contributed by atoms with van der Waals surface area (Å²) in [6, 6.07) is 7.75. The van der Waals surface area contributed by atoms with Crippen molar-refractivity contribution in [1.29, 1.82) is 0 Å². The Morgan fingerprint density at radius 3 is 2.82 bits per heavy atom. The summed E-state index contributed by atoms with van der Waals surface area (Å²) in [6.07, 6.45) is 0.801. The van der Waals surface area contributed by atoms with Crippen molar-refractivity contribution in [3.05, 3.63) is 29.8 Å². The molecule has 0 bridgehead atoms. The second kappa shape index (κ2) is 5.19. The van der Waals surface area contributed by atoms with E-state index in [1.165, 1.54) is 7.11 Å². The molecule has 1 aromatic rings. The number of benzene rings is 1. The first-order valence-electron chi connectivity index (χ1n) is 5.72. The molecule has 2 rings (SSSR count). The molecule has 1 saturated heterocycles. The average molecular weight is 235 g/mol. The molecule has 0 aliphatic carbocycles. The molecule has 0 aromatic heterocycles. The third kappa shape index (κ3) is 2.26. The monoisotopic (exact) mass is 235 g/mol. The Balaban J connectivity index is 2.29. The first kappa shape index (κ1) is 11.9. The number of hydrogen-bond acceptors (Lipinski definition) is 4. The molecule has 1 aliphatic rings. The van der Waals surface area contributed by atoms with E-state index in [1.807, 2.05) is 24.3 Å². The SMILES string of the molecule is COC(=O)C1CCN[C@@H]1c1ccccc1OC. The Hall–Kier alpha value is -1.55. The van der Waals surface area contributed by atoms with E-state index in [9.17, 15) is 4.79 Å². The Labute approximate surface area is 101 Å². The molecule has 0 amide bonds. The van der Waals surface area contributed by atoms with Gasteiger partial charge >= 0.3 is 5.97 Å². The van der Waals surface area contributed by atoms with Crippen molar-refractivity contribution < 1.29 is 14.3 Å². The minimum atomic E-state index is -0.161. The van der Waals surface area contributed by atoms with Gasteiger partial charge in [0.25, 0.3) is 0 Å². The van der Waals surface area contributed by atoms with Crippen molar-refractivity contribution >= 4 is 5.97 Å². The van der Waals surface area contributed by atoms with Crippen molar-refractivity contribution in [3.8, 4) is 5.75 Å². The van der Waals surface area contributed by atoms with Gasteiger partial charge in [-0.15, -0.1) is 0 Å². The van der Waals surface area contributed by atoms with Crippen LogP contribution in [0.15, 0.2) is 24.3 Å². The van der Waals surface area contributed by atoms with Gasteiger partial charge in [0.15, 0.2) is 0 Å². The van der Waals surface area contributed by atoms with Crippen LogP contribution in [0.4, 0.5) is 0 Å². The molecule has 0 radical (unpaired) electrons. The van der Waals surface area contributed by atoms with Gasteiger partial charge in [0.2, 0.25) is 0 Å². The highest BCUT2D eigenvalue weighted by Crippen LogP contribution is 2.35. The van der Waals surface area contributed by atoms with E-state index in [2.05, 4.69) is 5.32 Å². The number of esters is 1. The lowest BCUT2D eigenvalue weighted by atomic mass is 9.93. The van der Waals surface area contributed by atoms with Crippen molar-refractivity contribution in [1.82, 2.24) is 5.32 Å². The predicted molar refractivity (Wildman–Crippen MR) is 63.9 cm³/mol. The minimum absolute atomic E-state index is 0.0152. The van der Waals surface area contributed by atoms with Gasteiger partial charge in [0.05, 0.1) is 20.1 Å². The van der Waals surface area contributed by atoms with E-state index >= 15 is 0 Å². The van der Waals surface area contributed by atoms with Crippen LogP contribution in [0.5, 0.6) is 5.75 Å². The van der Waals surface area contributed by atoms with E-state index in [1.54, 1.807) is 7.11 Å². The Morgan fingerprint density at radius 1 is 1.35 bits per heavy atom. The molecular weight excluding hydrogens is 218 g/mol. The molecule has 1 aliphatic heterocycles. The zero-order valence-corrected chi connectivity index (χ0v) is 10.1. The Morgan fingerprint density at radius 2 is 2.12 bits per heavy atom. The molecule has 2 atom stereocenters. The summed E-state index contributed by atoms with van der Waals surface area (Å²) in [5.74, 6) is 0.517. The fraction of sp³-hybridized carbons (Fsp3) is 0.462. The molecule has 1 fully saturated rings. The van der Waals surface area contributed by atoms with Gasteiger partial charge in [0.1, 0.15) is 5.75 Å². The lowest BCUT2D eigenvalue weighted by Gasteiger charge is -2.20. The Bertz CT molecular complexity index is 405. The van der Waals surface area contributed by atoms with Crippen molar-refractivity contribution in [2.75, 3.05) is 20.8 Å². The van der Waals surface area contributed by atoms with Gasteiger partial charge < -0.3 is 14.8 Å². The fourth-order valence-corrected chi connectivity index (χ4v) is 2.36. The molecule has 17 heavy (non-hydrogen) atoms.